The molecule has 0 aliphatic rings. The van der Waals surface area contributed by atoms with E-state index in [-0.39, 0.29) is 18.1 Å². The monoisotopic (exact) mass is 267 g/mol. The molecule has 0 radical (unpaired) electrons. The van der Waals surface area contributed by atoms with Crippen molar-refractivity contribution in [3.63, 3.8) is 0 Å². The third kappa shape index (κ3) is 10.7. The molecule has 0 aromatic rings. The Morgan fingerprint density at radius 2 is 1.94 bits per heavy atom. The van der Waals surface area contributed by atoms with Crippen LogP contribution in [0.5, 0.6) is 0 Å². The van der Waals surface area contributed by atoms with Crippen LogP contribution in [0, 0.1) is 5.92 Å². The standard InChI is InChI=1S/C11H25NO4S/c1-4-17(14,15)6-5-12-7-11(13)9-16-8-10(2)3/h10-13H,4-9H2,1-3H3. The molecule has 17 heavy (non-hydrogen) atoms. The first kappa shape index (κ1) is 16.8. The van der Waals surface area contributed by atoms with Gasteiger partial charge in [0.2, 0.25) is 0 Å². The summed E-state index contributed by atoms with van der Waals surface area (Å²) < 4.78 is 27.6. The third-order valence-corrected chi connectivity index (χ3v) is 3.88. The average Bonchev–Trinajstić information content (AvgIpc) is 2.24. The topological polar surface area (TPSA) is 75.6 Å². The fourth-order valence-corrected chi connectivity index (χ4v) is 1.88. The summed E-state index contributed by atoms with van der Waals surface area (Å²) in [6.07, 6.45) is -0.585. The van der Waals surface area contributed by atoms with Crippen LogP contribution in [0.2, 0.25) is 0 Å². The summed E-state index contributed by atoms with van der Waals surface area (Å²) in [7, 11) is -2.92. The minimum Gasteiger partial charge on any atom is -0.389 e. The fraction of sp³-hybridized carbons (Fsp3) is 1.00. The molecule has 0 rings (SSSR count). The molecule has 0 fully saturated rings. The lowest BCUT2D eigenvalue weighted by molar-refractivity contribution is 0.0264. The molecular formula is C11H25NO4S. The van der Waals surface area contributed by atoms with E-state index in [0.717, 1.165) is 0 Å². The van der Waals surface area contributed by atoms with Crippen molar-refractivity contribution in [3.05, 3.63) is 0 Å². The van der Waals surface area contributed by atoms with Crippen LogP contribution in [-0.2, 0) is 14.6 Å². The maximum atomic E-state index is 11.2. The van der Waals surface area contributed by atoms with Crippen molar-refractivity contribution in [2.24, 2.45) is 5.92 Å². The van der Waals surface area contributed by atoms with E-state index in [0.29, 0.717) is 25.6 Å². The lowest BCUT2D eigenvalue weighted by Crippen LogP contribution is -2.33. The normalized spacial score (nSPS) is 14.2. The van der Waals surface area contributed by atoms with Gasteiger partial charge in [-0.25, -0.2) is 8.42 Å². The molecule has 0 aliphatic carbocycles. The summed E-state index contributed by atoms with van der Waals surface area (Å²) in [4.78, 5) is 0. The molecular weight excluding hydrogens is 242 g/mol. The van der Waals surface area contributed by atoms with Gasteiger partial charge in [0.05, 0.1) is 18.5 Å². The van der Waals surface area contributed by atoms with Gasteiger partial charge in [-0.1, -0.05) is 20.8 Å². The van der Waals surface area contributed by atoms with E-state index in [4.69, 9.17) is 4.74 Å². The maximum absolute atomic E-state index is 11.2. The largest absolute Gasteiger partial charge is 0.389 e. The molecule has 1 atom stereocenters. The van der Waals surface area contributed by atoms with Crippen molar-refractivity contribution >= 4 is 9.84 Å². The van der Waals surface area contributed by atoms with Gasteiger partial charge in [0.1, 0.15) is 0 Å². The molecule has 6 heteroatoms. The second-order valence-corrected chi connectivity index (χ2v) is 7.00. The van der Waals surface area contributed by atoms with Crippen LogP contribution in [0.4, 0.5) is 0 Å². The maximum Gasteiger partial charge on any atom is 0.151 e. The Morgan fingerprint density at radius 1 is 1.29 bits per heavy atom. The average molecular weight is 267 g/mol. The zero-order chi connectivity index (χ0) is 13.3. The summed E-state index contributed by atoms with van der Waals surface area (Å²) in [5.74, 6) is 0.725. The van der Waals surface area contributed by atoms with E-state index in [9.17, 15) is 13.5 Å². The van der Waals surface area contributed by atoms with Gasteiger partial charge < -0.3 is 15.2 Å². The molecule has 2 N–H and O–H groups in total. The van der Waals surface area contributed by atoms with E-state index >= 15 is 0 Å². The van der Waals surface area contributed by atoms with Gasteiger partial charge >= 0.3 is 0 Å². The SMILES string of the molecule is CCS(=O)(=O)CCNCC(O)COCC(C)C. The number of rotatable bonds is 10. The zero-order valence-electron chi connectivity index (χ0n) is 11.0. The molecule has 0 heterocycles. The molecule has 0 saturated carbocycles. The smallest absolute Gasteiger partial charge is 0.151 e. The van der Waals surface area contributed by atoms with Gasteiger partial charge in [-0.15, -0.1) is 0 Å². The first-order valence-electron chi connectivity index (χ1n) is 6.04. The number of hydrogen-bond donors (Lipinski definition) is 2. The molecule has 104 valence electrons. The van der Waals surface area contributed by atoms with Crippen LogP contribution in [-0.4, -0.2) is 57.4 Å². The first-order chi connectivity index (χ1) is 7.87. The lowest BCUT2D eigenvalue weighted by Gasteiger charge is -2.13. The summed E-state index contributed by atoms with van der Waals surface area (Å²) in [6.45, 7) is 7.35. The molecule has 0 aromatic carbocycles. The summed E-state index contributed by atoms with van der Waals surface area (Å²) in [6, 6.07) is 0. The van der Waals surface area contributed by atoms with Gasteiger partial charge in [0, 0.05) is 25.4 Å². The molecule has 0 bridgehead atoms. The van der Waals surface area contributed by atoms with Gasteiger partial charge in [-0.2, -0.15) is 0 Å². The zero-order valence-corrected chi connectivity index (χ0v) is 11.8. The minimum atomic E-state index is -2.92. The highest BCUT2D eigenvalue weighted by atomic mass is 32.2. The minimum absolute atomic E-state index is 0.114. The predicted octanol–water partition coefficient (Wildman–Crippen LogP) is 0.0442. The first-order valence-corrected chi connectivity index (χ1v) is 7.86. The van der Waals surface area contributed by atoms with Crippen LogP contribution in [0.25, 0.3) is 0 Å². The highest BCUT2D eigenvalue weighted by Gasteiger charge is 2.08. The second kappa shape index (κ2) is 8.85. The molecule has 5 nitrogen and oxygen atoms in total. The summed E-state index contributed by atoms with van der Waals surface area (Å²) in [5.41, 5.74) is 0. The van der Waals surface area contributed by atoms with Crippen LogP contribution >= 0.6 is 0 Å². The van der Waals surface area contributed by atoms with E-state index in [1.165, 1.54) is 0 Å². The van der Waals surface area contributed by atoms with Crippen LogP contribution in [0.15, 0.2) is 0 Å². The molecule has 0 saturated heterocycles. The van der Waals surface area contributed by atoms with Crippen molar-refractivity contribution in [1.82, 2.24) is 5.32 Å². The molecule has 0 aliphatic heterocycles. The number of sulfone groups is 1. The number of hydrogen-bond acceptors (Lipinski definition) is 5. The Balaban J connectivity index is 3.48. The van der Waals surface area contributed by atoms with Gasteiger partial charge in [-0.3, -0.25) is 0 Å². The van der Waals surface area contributed by atoms with Gasteiger partial charge in [-0.05, 0) is 5.92 Å². The highest BCUT2D eigenvalue weighted by molar-refractivity contribution is 7.91. The molecule has 0 spiro atoms. The van der Waals surface area contributed by atoms with Crippen LogP contribution in [0.3, 0.4) is 0 Å². The third-order valence-electron chi connectivity index (χ3n) is 2.17. The Kier molecular flexibility index (Phi) is 8.77. The second-order valence-electron chi connectivity index (χ2n) is 4.53. The predicted molar refractivity (Wildman–Crippen MR) is 68.9 cm³/mol. The Bertz CT molecular complexity index is 277. The Hall–Kier alpha value is -0.170. The number of nitrogens with one attached hydrogen (secondary N) is 1. The lowest BCUT2D eigenvalue weighted by atomic mass is 10.2. The van der Waals surface area contributed by atoms with Crippen LogP contribution < -0.4 is 5.32 Å². The van der Waals surface area contributed by atoms with E-state index in [2.05, 4.69) is 5.32 Å². The van der Waals surface area contributed by atoms with Crippen molar-refractivity contribution in [3.8, 4) is 0 Å². The van der Waals surface area contributed by atoms with E-state index in [1.807, 2.05) is 13.8 Å². The Morgan fingerprint density at radius 3 is 2.47 bits per heavy atom. The molecule has 1 unspecified atom stereocenters. The van der Waals surface area contributed by atoms with Crippen LogP contribution in [0.1, 0.15) is 20.8 Å². The quantitative estimate of drug-likeness (QED) is 0.547. The van der Waals surface area contributed by atoms with Crippen molar-refractivity contribution in [2.75, 3.05) is 37.8 Å². The van der Waals surface area contributed by atoms with Crippen molar-refractivity contribution in [2.45, 2.75) is 26.9 Å². The molecule has 0 aromatic heterocycles. The van der Waals surface area contributed by atoms with Crippen molar-refractivity contribution < 1.29 is 18.3 Å². The van der Waals surface area contributed by atoms with E-state index < -0.39 is 15.9 Å². The highest BCUT2D eigenvalue weighted by Crippen LogP contribution is 1.93. The van der Waals surface area contributed by atoms with E-state index in [1.54, 1.807) is 6.92 Å². The van der Waals surface area contributed by atoms with Gasteiger partial charge in [0.25, 0.3) is 0 Å². The number of aliphatic hydroxyl groups is 1. The van der Waals surface area contributed by atoms with Gasteiger partial charge in [0.15, 0.2) is 9.84 Å². The number of aliphatic hydroxyl groups excluding tert-OH is 1. The summed E-state index contributed by atoms with van der Waals surface area (Å²) >= 11 is 0. The molecule has 0 amide bonds. The van der Waals surface area contributed by atoms with Crippen molar-refractivity contribution in [1.29, 1.82) is 0 Å². The summed E-state index contributed by atoms with van der Waals surface area (Å²) in [5, 5.41) is 12.4. The fourth-order valence-electron chi connectivity index (χ4n) is 1.14. The number of ether oxygens (including phenoxy) is 1. The Labute approximate surface area is 104 Å².